The van der Waals surface area contributed by atoms with Gasteiger partial charge in [0.1, 0.15) is 17.6 Å². The van der Waals surface area contributed by atoms with E-state index in [1.54, 1.807) is 61.7 Å². The first-order chi connectivity index (χ1) is 13.1. The lowest BCUT2D eigenvalue weighted by atomic mass is 10.2. The molecule has 0 aliphatic rings. The summed E-state index contributed by atoms with van der Waals surface area (Å²) in [6, 6.07) is 17.3. The van der Waals surface area contributed by atoms with Crippen LogP contribution in [0.25, 0.3) is 0 Å². The molecule has 0 unspecified atom stereocenters. The van der Waals surface area contributed by atoms with Crippen LogP contribution in [0.4, 0.5) is 17.2 Å². The molecule has 6 nitrogen and oxygen atoms in total. The predicted molar refractivity (Wildman–Crippen MR) is 105 cm³/mol. The van der Waals surface area contributed by atoms with Gasteiger partial charge in [0.05, 0.1) is 29.6 Å². The molecule has 2 N–H and O–H groups in total. The predicted octanol–water partition coefficient (Wildman–Crippen LogP) is 4.61. The molecule has 1 aromatic heterocycles. The highest BCUT2D eigenvalue weighted by molar-refractivity contribution is 6.31. The fourth-order valence-electron chi connectivity index (χ4n) is 2.40. The fraction of sp³-hybridized carbons (Fsp3) is 0.0500. The summed E-state index contributed by atoms with van der Waals surface area (Å²) in [5.74, 6) is 0.803. The van der Waals surface area contributed by atoms with Crippen LogP contribution in [-0.4, -0.2) is 18.0 Å². The third-order valence-electron chi connectivity index (χ3n) is 3.75. The molecule has 0 aliphatic heterocycles. The summed E-state index contributed by atoms with van der Waals surface area (Å²) in [6.45, 7) is 0. The monoisotopic (exact) mass is 378 g/mol. The molecule has 3 aromatic rings. The Kier molecular flexibility index (Phi) is 5.55. The minimum Gasteiger partial charge on any atom is -0.495 e. The van der Waals surface area contributed by atoms with Crippen LogP contribution in [0.1, 0.15) is 15.9 Å². The number of hydrogen-bond acceptors (Lipinski definition) is 5. The molecule has 0 spiro atoms. The van der Waals surface area contributed by atoms with Gasteiger partial charge in [0.15, 0.2) is 0 Å². The first-order valence-corrected chi connectivity index (χ1v) is 8.35. The van der Waals surface area contributed by atoms with E-state index in [2.05, 4.69) is 15.6 Å². The van der Waals surface area contributed by atoms with Crippen molar-refractivity contribution < 1.29 is 9.53 Å². The maximum Gasteiger partial charge on any atom is 0.257 e. The van der Waals surface area contributed by atoms with Crippen molar-refractivity contribution in [1.29, 1.82) is 5.26 Å². The summed E-state index contributed by atoms with van der Waals surface area (Å²) in [4.78, 5) is 16.6. The molecule has 1 amide bonds. The number of carbonyl (C=O) groups is 1. The lowest BCUT2D eigenvalue weighted by Gasteiger charge is -2.11. The van der Waals surface area contributed by atoms with Crippen LogP contribution in [-0.2, 0) is 0 Å². The number of ether oxygens (including phenoxy) is 1. The minimum atomic E-state index is -0.350. The van der Waals surface area contributed by atoms with E-state index < -0.39 is 0 Å². The first kappa shape index (κ1) is 18.2. The lowest BCUT2D eigenvalue weighted by Crippen LogP contribution is -2.13. The van der Waals surface area contributed by atoms with Crippen molar-refractivity contribution in [2.45, 2.75) is 0 Å². The number of benzene rings is 2. The summed E-state index contributed by atoms with van der Waals surface area (Å²) in [7, 11) is 1.56. The third-order valence-corrected chi connectivity index (χ3v) is 3.98. The van der Waals surface area contributed by atoms with Gasteiger partial charge in [-0.1, -0.05) is 23.7 Å². The van der Waals surface area contributed by atoms with Gasteiger partial charge in [0.2, 0.25) is 0 Å². The molecule has 3 rings (SSSR count). The Hall–Kier alpha value is -3.56. The van der Waals surface area contributed by atoms with Crippen molar-refractivity contribution in [3.8, 4) is 11.8 Å². The Labute approximate surface area is 161 Å². The molecule has 0 bridgehead atoms. The van der Waals surface area contributed by atoms with Gasteiger partial charge in [-0.2, -0.15) is 5.26 Å². The van der Waals surface area contributed by atoms with Gasteiger partial charge in [-0.15, -0.1) is 0 Å². The van der Waals surface area contributed by atoms with Gasteiger partial charge in [-0.25, -0.2) is 4.98 Å². The number of amides is 1. The zero-order valence-electron chi connectivity index (χ0n) is 14.4. The summed E-state index contributed by atoms with van der Waals surface area (Å²) in [5, 5.41) is 15.5. The van der Waals surface area contributed by atoms with Crippen LogP contribution in [0.3, 0.4) is 0 Å². The molecular weight excluding hydrogens is 364 g/mol. The van der Waals surface area contributed by atoms with Crippen molar-refractivity contribution in [3.63, 3.8) is 0 Å². The van der Waals surface area contributed by atoms with Gasteiger partial charge < -0.3 is 15.4 Å². The highest BCUT2D eigenvalue weighted by atomic mass is 35.5. The smallest absolute Gasteiger partial charge is 0.257 e. The van der Waals surface area contributed by atoms with Crippen LogP contribution in [0.15, 0.2) is 60.8 Å². The molecule has 0 saturated heterocycles. The summed E-state index contributed by atoms with van der Waals surface area (Å²) >= 11 is 6.02. The van der Waals surface area contributed by atoms with E-state index in [0.29, 0.717) is 39.1 Å². The zero-order chi connectivity index (χ0) is 19.2. The van der Waals surface area contributed by atoms with Gasteiger partial charge in [0, 0.05) is 11.2 Å². The fourth-order valence-corrected chi connectivity index (χ4v) is 2.57. The SMILES string of the molecule is COc1ccc(Cl)cc1Nc1ccc(C(=O)Nc2ccccc2C#N)cn1. The second-order valence-corrected chi connectivity index (χ2v) is 5.95. The average molecular weight is 379 g/mol. The molecule has 7 heteroatoms. The standard InChI is InChI=1S/C20H15ClN4O2/c1-27-18-8-7-15(21)10-17(18)24-19-9-6-14(12-23-19)20(26)25-16-5-3-2-4-13(16)11-22/h2-10,12H,1H3,(H,23,24)(H,25,26). The third kappa shape index (κ3) is 4.35. The van der Waals surface area contributed by atoms with Gasteiger partial charge in [-0.3, -0.25) is 4.79 Å². The van der Waals surface area contributed by atoms with Gasteiger partial charge in [-0.05, 0) is 42.5 Å². The average Bonchev–Trinajstić information content (AvgIpc) is 2.69. The summed E-state index contributed by atoms with van der Waals surface area (Å²) < 4.78 is 5.28. The molecule has 0 saturated carbocycles. The lowest BCUT2D eigenvalue weighted by molar-refractivity contribution is 0.102. The molecule has 27 heavy (non-hydrogen) atoms. The van der Waals surface area contributed by atoms with Crippen molar-refractivity contribution >= 4 is 34.7 Å². The number of halogens is 1. The number of rotatable bonds is 5. The van der Waals surface area contributed by atoms with E-state index in [9.17, 15) is 4.79 Å². The van der Waals surface area contributed by atoms with Crippen LogP contribution in [0.5, 0.6) is 5.75 Å². The van der Waals surface area contributed by atoms with E-state index in [4.69, 9.17) is 21.6 Å². The number of methoxy groups -OCH3 is 1. The Morgan fingerprint density at radius 3 is 2.67 bits per heavy atom. The second kappa shape index (κ2) is 8.21. The normalized spacial score (nSPS) is 9.96. The number of hydrogen-bond donors (Lipinski definition) is 2. The number of aromatic nitrogens is 1. The molecule has 0 aliphatic carbocycles. The summed E-state index contributed by atoms with van der Waals surface area (Å²) in [6.07, 6.45) is 1.45. The largest absolute Gasteiger partial charge is 0.495 e. The quantitative estimate of drug-likeness (QED) is 0.676. The van der Waals surface area contributed by atoms with Crippen LogP contribution in [0.2, 0.25) is 5.02 Å². The molecule has 0 radical (unpaired) electrons. The zero-order valence-corrected chi connectivity index (χ0v) is 15.1. The van der Waals surface area contributed by atoms with Crippen LogP contribution < -0.4 is 15.4 Å². The highest BCUT2D eigenvalue weighted by Crippen LogP contribution is 2.29. The Bertz CT molecular complexity index is 1010. The van der Waals surface area contributed by atoms with E-state index in [0.717, 1.165) is 0 Å². The number of nitrogens with one attached hydrogen (secondary N) is 2. The van der Waals surface area contributed by atoms with E-state index in [1.807, 2.05) is 6.07 Å². The topological polar surface area (TPSA) is 87.0 Å². The maximum absolute atomic E-state index is 12.4. The van der Waals surface area contributed by atoms with Gasteiger partial charge in [0.25, 0.3) is 5.91 Å². The maximum atomic E-state index is 12.4. The molecule has 2 aromatic carbocycles. The number of anilines is 3. The van der Waals surface area contributed by atoms with E-state index in [1.165, 1.54) is 6.20 Å². The van der Waals surface area contributed by atoms with E-state index in [-0.39, 0.29) is 5.91 Å². The van der Waals surface area contributed by atoms with Crippen LogP contribution in [0, 0.1) is 11.3 Å². The number of nitriles is 1. The van der Waals surface area contributed by atoms with Crippen LogP contribution >= 0.6 is 11.6 Å². The molecule has 0 atom stereocenters. The molecular formula is C20H15ClN4O2. The number of pyridine rings is 1. The molecule has 0 fully saturated rings. The Balaban J connectivity index is 1.75. The first-order valence-electron chi connectivity index (χ1n) is 7.98. The summed E-state index contributed by atoms with van der Waals surface area (Å²) in [5.41, 5.74) is 1.88. The highest BCUT2D eigenvalue weighted by Gasteiger charge is 2.10. The van der Waals surface area contributed by atoms with Crippen molar-refractivity contribution in [2.75, 3.05) is 17.7 Å². The Morgan fingerprint density at radius 2 is 1.96 bits per heavy atom. The number of para-hydroxylation sites is 1. The van der Waals surface area contributed by atoms with Crippen molar-refractivity contribution in [3.05, 3.63) is 76.9 Å². The number of nitrogens with zero attached hydrogens (tertiary/aromatic N) is 2. The van der Waals surface area contributed by atoms with E-state index >= 15 is 0 Å². The van der Waals surface area contributed by atoms with Crippen molar-refractivity contribution in [1.82, 2.24) is 4.98 Å². The Morgan fingerprint density at radius 1 is 1.15 bits per heavy atom. The van der Waals surface area contributed by atoms with Crippen molar-refractivity contribution in [2.24, 2.45) is 0 Å². The van der Waals surface area contributed by atoms with Gasteiger partial charge >= 0.3 is 0 Å². The molecule has 1 heterocycles. The second-order valence-electron chi connectivity index (χ2n) is 5.51. The molecule has 134 valence electrons. The number of carbonyl (C=O) groups excluding carboxylic acids is 1. The minimum absolute atomic E-state index is 0.350.